The third-order valence-corrected chi connectivity index (χ3v) is 11.9. The van der Waals surface area contributed by atoms with Crippen molar-refractivity contribution in [2.75, 3.05) is 48.5 Å². The Labute approximate surface area is 352 Å². The van der Waals surface area contributed by atoms with Gasteiger partial charge in [0.1, 0.15) is 12.1 Å². The summed E-state index contributed by atoms with van der Waals surface area (Å²) < 4.78 is 17.0. The molecule has 0 aliphatic carbocycles. The number of likely N-dealkylation sites (tertiary alicyclic amines) is 1. The van der Waals surface area contributed by atoms with E-state index < -0.39 is 66.2 Å². The number of rotatable bonds is 25. The van der Waals surface area contributed by atoms with Gasteiger partial charge in [0.2, 0.25) is 23.6 Å². The highest BCUT2D eigenvalue weighted by molar-refractivity contribution is 5.90. The van der Waals surface area contributed by atoms with Crippen LogP contribution in [0.4, 0.5) is 0 Å². The Morgan fingerprint density at radius 3 is 2.07 bits per heavy atom. The molecule has 334 valence electrons. The minimum absolute atomic E-state index is 0.00899. The van der Waals surface area contributed by atoms with Gasteiger partial charge in [0.25, 0.3) is 0 Å². The molecule has 0 radical (unpaired) electrons. The lowest BCUT2D eigenvalue weighted by molar-refractivity contribution is -0.149. The molecule has 59 heavy (non-hydrogen) atoms. The summed E-state index contributed by atoms with van der Waals surface area (Å²) in [7, 11) is 7.79. The Hall–Kier alpha value is -4.08. The number of methoxy groups -OCH3 is 3. The molecule has 0 aromatic heterocycles. The number of likely N-dealkylation sites (N-methyl/N-ethyl adjacent to an activating group) is 2. The number of nitrogens with zero attached hydrogens (tertiary/aromatic N) is 3. The van der Waals surface area contributed by atoms with E-state index in [2.05, 4.69) is 10.6 Å². The first kappa shape index (κ1) is 51.1. The predicted molar refractivity (Wildman–Crippen MR) is 225 cm³/mol. The third-order valence-electron chi connectivity index (χ3n) is 11.9. The highest BCUT2D eigenvalue weighted by Gasteiger charge is 2.43. The Bertz CT molecular complexity index is 1510. The molecule has 1 fully saturated rings. The van der Waals surface area contributed by atoms with Gasteiger partial charge in [-0.15, -0.1) is 0 Å². The lowest BCUT2D eigenvalue weighted by Gasteiger charge is -2.41. The van der Waals surface area contributed by atoms with Gasteiger partial charge < -0.3 is 39.8 Å². The standard InChI is InChI=1S/C44H73N5O10/c1-13-29(6)39(48(9)43(55)37(27(2)3)46-42(54)38(28(4)5)47(8)23-18-22-36(51)52)34(57-10)26-35(50)49-24-17-21-33(49)40(58-11)30(7)41(53)45-32(44(56)59-12)25-31-19-15-14-16-20-31/h14-16,19-20,27-30,32-34,37-40H,13,17-18,21-26H2,1-12H3,(H,45,53)(H,46,54)(H,51,52)/t29?,30?,32?,33-,34?,37?,38?,39?,40?/m0/s1. The molecule has 1 aromatic carbocycles. The minimum Gasteiger partial charge on any atom is -0.481 e. The maximum Gasteiger partial charge on any atom is 0.328 e. The normalized spacial score (nSPS) is 18.4. The van der Waals surface area contributed by atoms with Crippen molar-refractivity contribution < 1.29 is 48.1 Å². The summed E-state index contributed by atoms with van der Waals surface area (Å²) in [4.78, 5) is 85.2. The van der Waals surface area contributed by atoms with Gasteiger partial charge in [-0.25, -0.2) is 4.79 Å². The number of carboxylic acids is 1. The van der Waals surface area contributed by atoms with Crippen molar-refractivity contribution in [1.29, 1.82) is 0 Å². The maximum absolute atomic E-state index is 14.4. The number of nitrogens with one attached hydrogen (secondary N) is 2. The number of aliphatic carboxylic acids is 1. The van der Waals surface area contributed by atoms with E-state index >= 15 is 0 Å². The lowest BCUT2D eigenvalue weighted by Crippen LogP contribution is -2.60. The molecule has 8 unspecified atom stereocenters. The Morgan fingerprint density at radius 2 is 1.54 bits per heavy atom. The second-order valence-corrected chi connectivity index (χ2v) is 16.8. The monoisotopic (exact) mass is 832 g/mol. The van der Waals surface area contributed by atoms with Crippen molar-refractivity contribution in [2.45, 2.75) is 136 Å². The average Bonchev–Trinajstić information content (AvgIpc) is 3.68. The maximum atomic E-state index is 14.4. The van der Waals surface area contributed by atoms with Crippen LogP contribution in [0.15, 0.2) is 30.3 Å². The molecule has 0 bridgehead atoms. The summed E-state index contributed by atoms with van der Waals surface area (Å²) in [5.74, 6) is -3.86. The van der Waals surface area contributed by atoms with Gasteiger partial charge in [0.15, 0.2) is 0 Å². The highest BCUT2D eigenvalue weighted by Crippen LogP contribution is 2.30. The number of carboxylic acid groups (broad SMARTS) is 1. The first-order chi connectivity index (χ1) is 27.8. The second-order valence-electron chi connectivity index (χ2n) is 16.8. The van der Waals surface area contributed by atoms with E-state index in [9.17, 15) is 28.8 Å². The van der Waals surface area contributed by atoms with E-state index in [1.807, 2.05) is 76.8 Å². The SMILES string of the molecule is CCC(C)C(C(CC(=O)N1CCC[C@H]1C(OC)C(C)C(=O)NC(Cc1ccccc1)C(=O)OC)OC)N(C)C(=O)C(NC(=O)C(C(C)C)N(C)CCCC(=O)O)C(C)C. The van der Waals surface area contributed by atoms with E-state index in [0.717, 1.165) is 5.56 Å². The van der Waals surface area contributed by atoms with Crippen LogP contribution in [0.5, 0.6) is 0 Å². The van der Waals surface area contributed by atoms with Crippen LogP contribution in [-0.4, -0.2) is 146 Å². The Morgan fingerprint density at radius 1 is 0.898 bits per heavy atom. The molecule has 1 saturated heterocycles. The molecule has 1 heterocycles. The fourth-order valence-corrected chi connectivity index (χ4v) is 8.40. The molecular weight excluding hydrogens is 759 g/mol. The topological polar surface area (TPSA) is 184 Å². The summed E-state index contributed by atoms with van der Waals surface area (Å²) in [6.45, 7) is 14.2. The van der Waals surface area contributed by atoms with E-state index in [1.54, 1.807) is 30.8 Å². The average molecular weight is 832 g/mol. The van der Waals surface area contributed by atoms with Crippen LogP contribution in [0, 0.1) is 23.7 Å². The van der Waals surface area contributed by atoms with Gasteiger partial charge in [-0.2, -0.15) is 0 Å². The molecule has 0 saturated carbocycles. The number of ether oxygens (including phenoxy) is 3. The van der Waals surface area contributed by atoms with Crippen LogP contribution in [0.25, 0.3) is 0 Å². The number of benzene rings is 1. The van der Waals surface area contributed by atoms with Crippen LogP contribution < -0.4 is 10.6 Å². The molecule has 9 atom stereocenters. The van der Waals surface area contributed by atoms with Gasteiger partial charge in [-0.05, 0) is 56.2 Å². The fraction of sp³-hybridized carbons (Fsp3) is 0.727. The second kappa shape index (κ2) is 24.9. The summed E-state index contributed by atoms with van der Waals surface area (Å²) in [6.07, 6.45) is 1.23. The molecule has 15 nitrogen and oxygen atoms in total. The summed E-state index contributed by atoms with van der Waals surface area (Å²) in [5, 5.41) is 15.0. The zero-order chi connectivity index (χ0) is 44.6. The molecular formula is C44H73N5O10. The molecule has 4 amide bonds. The highest BCUT2D eigenvalue weighted by atomic mass is 16.5. The first-order valence-corrected chi connectivity index (χ1v) is 21.1. The number of amides is 4. The van der Waals surface area contributed by atoms with Crippen molar-refractivity contribution in [1.82, 2.24) is 25.3 Å². The van der Waals surface area contributed by atoms with Gasteiger partial charge in [-0.3, -0.25) is 28.9 Å². The van der Waals surface area contributed by atoms with Crippen molar-refractivity contribution in [3.63, 3.8) is 0 Å². The molecule has 15 heteroatoms. The molecule has 1 aromatic rings. The van der Waals surface area contributed by atoms with E-state index in [-0.39, 0.29) is 54.7 Å². The number of hydrogen-bond donors (Lipinski definition) is 3. The molecule has 0 spiro atoms. The first-order valence-electron chi connectivity index (χ1n) is 21.1. The number of hydrogen-bond acceptors (Lipinski definition) is 10. The van der Waals surface area contributed by atoms with Gasteiger partial charge >= 0.3 is 11.9 Å². The zero-order valence-electron chi connectivity index (χ0n) is 37.6. The quantitative estimate of drug-likeness (QED) is 0.122. The van der Waals surface area contributed by atoms with Crippen LogP contribution in [-0.2, 0) is 49.4 Å². The third kappa shape index (κ3) is 14.6. The van der Waals surface area contributed by atoms with Gasteiger partial charge in [0, 0.05) is 40.7 Å². The molecule has 3 N–H and O–H groups in total. The van der Waals surface area contributed by atoms with Crippen molar-refractivity contribution in [2.24, 2.45) is 23.7 Å². The number of esters is 1. The Balaban J connectivity index is 2.28. The van der Waals surface area contributed by atoms with E-state index in [0.29, 0.717) is 38.8 Å². The predicted octanol–water partition coefficient (Wildman–Crippen LogP) is 3.77. The molecule has 1 aliphatic rings. The minimum atomic E-state index is -0.909. The van der Waals surface area contributed by atoms with Gasteiger partial charge in [-0.1, -0.05) is 85.2 Å². The van der Waals surface area contributed by atoms with Crippen molar-refractivity contribution in [3.05, 3.63) is 35.9 Å². The van der Waals surface area contributed by atoms with Crippen molar-refractivity contribution >= 4 is 35.6 Å². The van der Waals surface area contributed by atoms with E-state index in [4.69, 9.17) is 19.3 Å². The van der Waals surface area contributed by atoms with Crippen LogP contribution in [0.2, 0.25) is 0 Å². The van der Waals surface area contributed by atoms with Crippen LogP contribution in [0.3, 0.4) is 0 Å². The smallest absolute Gasteiger partial charge is 0.328 e. The molecule has 1 aliphatic heterocycles. The number of carbonyl (C=O) groups is 6. The van der Waals surface area contributed by atoms with Crippen molar-refractivity contribution in [3.8, 4) is 0 Å². The van der Waals surface area contributed by atoms with Gasteiger partial charge in [0.05, 0.1) is 49.8 Å². The summed E-state index contributed by atoms with van der Waals surface area (Å²) >= 11 is 0. The van der Waals surface area contributed by atoms with Crippen LogP contribution >= 0.6 is 0 Å². The summed E-state index contributed by atoms with van der Waals surface area (Å²) in [5.41, 5.74) is 0.862. The fourth-order valence-electron chi connectivity index (χ4n) is 8.40. The van der Waals surface area contributed by atoms with Crippen LogP contribution in [0.1, 0.15) is 92.6 Å². The Kier molecular flexibility index (Phi) is 21.5. The lowest BCUT2D eigenvalue weighted by atomic mass is 9.89. The largest absolute Gasteiger partial charge is 0.481 e. The molecule has 2 rings (SSSR count). The summed E-state index contributed by atoms with van der Waals surface area (Å²) in [6, 6.07) is 6.02. The number of carbonyl (C=O) groups excluding carboxylic acids is 5. The van der Waals surface area contributed by atoms with E-state index in [1.165, 1.54) is 21.3 Å². The zero-order valence-corrected chi connectivity index (χ0v) is 37.6.